The molecule has 1 aromatic carbocycles. The maximum Gasteiger partial charge on any atom is 0.213 e. The summed E-state index contributed by atoms with van der Waals surface area (Å²) in [4.78, 5) is 3.86. The fourth-order valence-corrected chi connectivity index (χ4v) is 1.49. The van der Waals surface area contributed by atoms with Crippen molar-refractivity contribution in [2.45, 2.75) is 26.6 Å². The Morgan fingerprint density at radius 2 is 2.29 bits per heavy atom. The van der Waals surface area contributed by atoms with Gasteiger partial charge < -0.3 is 14.4 Å². The van der Waals surface area contributed by atoms with E-state index in [2.05, 4.69) is 14.7 Å². The van der Waals surface area contributed by atoms with Crippen molar-refractivity contribution < 1.29 is 14.4 Å². The highest BCUT2D eigenvalue weighted by Crippen LogP contribution is 2.23. The summed E-state index contributed by atoms with van der Waals surface area (Å²) in [6.45, 7) is 3.93. The van der Waals surface area contributed by atoms with Crippen LogP contribution >= 0.6 is 0 Å². The monoisotopic (exact) mass is 234 g/mol. The van der Waals surface area contributed by atoms with Gasteiger partial charge in [-0.25, -0.2) is 0 Å². The van der Waals surface area contributed by atoms with Crippen molar-refractivity contribution in [3.05, 3.63) is 41.5 Å². The fourth-order valence-electron chi connectivity index (χ4n) is 1.49. The van der Waals surface area contributed by atoms with Crippen molar-refractivity contribution in [2.75, 3.05) is 0 Å². The molecule has 0 radical (unpaired) electrons. The summed E-state index contributed by atoms with van der Waals surface area (Å²) in [6.07, 6.45) is 0.794. The summed E-state index contributed by atoms with van der Waals surface area (Å²) >= 11 is 0. The van der Waals surface area contributed by atoms with E-state index in [1.807, 2.05) is 25.1 Å². The van der Waals surface area contributed by atoms with Crippen LogP contribution in [0.15, 0.2) is 29.1 Å². The zero-order valence-corrected chi connectivity index (χ0v) is 9.75. The second-order valence-electron chi connectivity index (χ2n) is 3.84. The van der Waals surface area contributed by atoms with Gasteiger partial charge in [0.15, 0.2) is 6.61 Å². The summed E-state index contributed by atoms with van der Waals surface area (Å²) in [5.41, 5.74) is 1.83. The lowest BCUT2D eigenvalue weighted by Gasteiger charge is -2.10. The van der Waals surface area contributed by atoms with Gasteiger partial charge in [0.1, 0.15) is 5.75 Å². The lowest BCUT2D eigenvalue weighted by molar-refractivity contribution is 0.199. The molecule has 0 spiro atoms. The smallest absolute Gasteiger partial charge is 0.213 e. The normalized spacial score (nSPS) is 12.4. The Kier molecular flexibility index (Phi) is 3.39. The summed E-state index contributed by atoms with van der Waals surface area (Å²) < 4.78 is 10.2. The predicted octanol–water partition coefficient (Wildman–Crippen LogP) is 2.01. The van der Waals surface area contributed by atoms with Crippen molar-refractivity contribution in [1.82, 2.24) is 10.1 Å². The van der Waals surface area contributed by atoms with Crippen LogP contribution in [0, 0.1) is 6.92 Å². The summed E-state index contributed by atoms with van der Waals surface area (Å²) in [6, 6.07) is 5.57. The Bertz CT molecular complexity index is 481. The van der Waals surface area contributed by atoms with Gasteiger partial charge in [0.05, 0.1) is 6.10 Å². The van der Waals surface area contributed by atoms with E-state index in [1.54, 1.807) is 6.92 Å². The average molecular weight is 234 g/mol. The van der Waals surface area contributed by atoms with Crippen LogP contribution in [0.25, 0.3) is 0 Å². The Morgan fingerprint density at radius 3 is 2.88 bits per heavy atom. The molecule has 17 heavy (non-hydrogen) atoms. The molecule has 2 aromatic rings. The number of rotatable bonds is 4. The van der Waals surface area contributed by atoms with Gasteiger partial charge in [0.2, 0.25) is 12.2 Å². The van der Waals surface area contributed by atoms with Crippen LogP contribution in [0.4, 0.5) is 0 Å². The number of ether oxygens (including phenoxy) is 1. The van der Waals surface area contributed by atoms with Crippen molar-refractivity contribution in [2.24, 2.45) is 0 Å². The quantitative estimate of drug-likeness (QED) is 0.876. The maximum atomic E-state index is 9.45. The van der Waals surface area contributed by atoms with E-state index in [9.17, 15) is 5.11 Å². The molecule has 0 aliphatic heterocycles. The average Bonchev–Trinajstić information content (AvgIpc) is 2.80. The third kappa shape index (κ3) is 2.82. The van der Waals surface area contributed by atoms with Gasteiger partial charge in [-0.05, 0) is 37.1 Å². The minimum absolute atomic E-state index is 0.269. The second kappa shape index (κ2) is 4.97. The standard InChI is InChI=1S/C12H14N2O3/c1-8-5-10(9(2)15)3-4-11(8)16-6-12-13-7-17-14-12/h3-5,7,9,15H,6H2,1-2H3/t9-/m0/s1. The number of nitrogens with zero attached hydrogens (tertiary/aromatic N) is 2. The zero-order valence-electron chi connectivity index (χ0n) is 9.75. The first-order chi connectivity index (χ1) is 8.16. The van der Waals surface area contributed by atoms with Gasteiger partial charge in [0.25, 0.3) is 0 Å². The molecule has 0 amide bonds. The van der Waals surface area contributed by atoms with E-state index >= 15 is 0 Å². The molecular formula is C12H14N2O3. The number of aliphatic hydroxyl groups is 1. The molecule has 90 valence electrons. The topological polar surface area (TPSA) is 68.4 Å². The molecule has 0 unspecified atom stereocenters. The Morgan fingerprint density at radius 1 is 1.47 bits per heavy atom. The number of benzene rings is 1. The van der Waals surface area contributed by atoms with Crippen LogP contribution in [0.1, 0.15) is 30.0 Å². The largest absolute Gasteiger partial charge is 0.485 e. The van der Waals surface area contributed by atoms with E-state index in [4.69, 9.17) is 4.74 Å². The van der Waals surface area contributed by atoms with Gasteiger partial charge in [-0.1, -0.05) is 11.2 Å². The van der Waals surface area contributed by atoms with Crippen LogP contribution in [0.5, 0.6) is 5.75 Å². The molecule has 1 heterocycles. The third-order valence-electron chi connectivity index (χ3n) is 2.45. The summed E-state index contributed by atoms with van der Waals surface area (Å²) in [5.74, 6) is 1.25. The Balaban J connectivity index is 2.06. The maximum absolute atomic E-state index is 9.45. The van der Waals surface area contributed by atoms with Crippen molar-refractivity contribution in [1.29, 1.82) is 0 Å². The first-order valence-electron chi connectivity index (χ1n) is 5.33. The van der Waals surface area contributed by atoms with Crippen LogP contribution in [0.2, 0.25) is 0 Å². The minimum atomic E-state index is -0.472. The first kappa shape index (κ1) is 11.6. The molecule has 2 rings (SSSR count). The number of hydrogen-bond donors (Lipinski definition) is 1. The van der Waals surface area contributed by atoms with Gasteiger partial charge in [-0.15, -0.1) is 0 Å². The Hall–Kier alpha value is -1.88. The molecule has 0 aliphatic carbocycles. The highest BCUT2D eigenvalue weighted by molar-refractivity contribution is 5.36. The zero-order chi connectivity index (χ0) is 12.3. The summed E-state index contributed by atoms with van der Waals surface area (Å²) in [7, 11) is 0. The predicted molar refractivity (Wildman–Crippen MR) is 60.4 cm³/mol. The van der Waals surface area contributed by atoms with Gasteiger partial charge in [-0.2, -0.15) is 4.98 Å². The van der Waals surface area contributed by atoms with E-state index in [0.29, 0.717) is 5.82 Å². The number of hydrogen-bond acceptors (Lipinski definition) is 5. The van der Waals surface area contributed by atoms with Crippen LogP contribution in [-0.4, -0.2) is 15.2 Å². The van der Waals surface area contributed by atoms with E-state index in [-0.39, 0.29) is 6.61 Å². The highest BCUT2D eigenvalue weighted by Gasteiger charge is 2.06. The number of aryl methyl sites for hydroxylation is 1. The number of aromatic nitrogens is 2. The number of aliphatic hydroxyl groups excluding tert-OH is 1. The minimum Gasteiger partial charge on any atom is -0.485 e. The lowest BCUT2D eigenvalue weighted by Crippen LogP contribution is -2.00. The Labute approximate surface area is 99.0 Å². The third-order valence-corrected chi connectivity index (χ3v) is 2.45. The lowest BCUT2D eigenvalue weighted by atomic mass is 10.1. The molecule has 0 aliphatic rings. The second-order valence-corrected chi connectivity index (χ2v) is 3.84. The molecular weight excluding hydrogens is 220 g/mol. The molecule has 0 bridgehead atoms. The summed E-state index contributed by atoms with van der Waals surface area (Å²) in [5, 5.41) is 13.1. The molecule has 0 fully saturated rings. The SMILES string of the molecule is Cc1cc([C@H](C)O)ccc1OCc1ncon1. The molecule has 1 N–H and O–H groups in total. The van der Waals surface area contributed by atoms with Gasteiger partial charge in [0, 0.05) is 0 Å². The van der Waals surface area contributed by atoms with Gasteiger partial charge >= 0.3 is 0 Å². The highest BCUT2D eigenvalue weighted by atomic mass is 16.5. The van der Waals surface area contributed by atoms with Crippen molar-refractivity contribution in [3.8, 4) is 5.75 Å². The van der Waals surface area contributed by atoms with Gasteiger partial charge in [-0.3, -0.25) is 0 Å². The van der Waals surface area contributed by atoms with Crippen LogP contribution in [0.3, 0.4) is 0 Å². The van der Waals surface area contributed by atoms with Crippen LogP contribution < -0.4 is 4.74 Å². The first-order valence-corrected chi connectivity index (χ1v) is 5.33. The molecule has 5 heteroatoms. The van der Waals surface area contributed by atoms with E-state index in [1.165, 1.54) is 6.39 Å². The molecule has 0 saturated heterocycles. The molecule has 0 saturated carbocycles. The molecule has 1 atom stereocenters. The van der Waals surface area contributed by atoms with Crippen molar-refractivity contribution in [3.63, 3.8) is 0 Å². The van der Waals surface area contributed by atoms with Crippen molar-refractivity contribution >= 4 is 0 Å². The molecule has 5 nitrogen and oxygen atoms in total. The fraction of sp³-hybridized carbons (Fsp3) is 0.333. The van der Waals surface area contributed by atoms with Crippen LogP contribution in [-0.2, 0) is 6.61 Å². The van der Waals surface area contributed by atoms with E-state index in [0.717, 1.165) is 16.9 Å². The molecule has 1 aromatic heterocycles. The van der Waals surface area contributed by atoms with E-state index < -0.39 is 6.10 Å².